The molecule has 0 atom stereocenters. The van der Waals surface area contributed by atoms with Gasteiger partial charge in [-0.2, -0.15) is 0 Å². The molecule has 154 valence electrons. The van der Waals surface area contributed by atoms with Crippen molar-refractivity contribution in [1.29, 1.82) is 0 Å². The number of rotatable bonds is 6. The number of nitrogens with zero attached hydrogens (tertiary/aromatic N) is 1. The molecule has 5 aromatic carbocycles. The van der Waals surface area contributed by atoms with Gasteiger partial charge >= 0.3 is 0 Å². The average Bonchev–Trinajstić information content (AvgIpc) is 2.89. The van der Waals surface area contributed by atoms with Gasteiger partial charge in [-0.15, -0.1) is 0 Å². The van der Waals surface area contributed by atoms with E-state index < -0.39 is 0 Å². The maximum atomic E-state index is 2.44. The maximum absolute atomic E-state index is 2.44. The van der Waals surface area contributed by atoms with Crippen molar-refractivity contribution >= 4 is 11.4 Å². The molecular formula is C31H25N. The predicted molar refractivity (Wildman–Crippen MR) is 136 cm³/mol. The second kappa shape index (κ2) is 9.36. The van der Waals surface area contributed by atoms with Gasteiger partial charge in [0.05, 0.1) is 0 Å². The van der Waals surface area contributed by atoms with Crippen molar-refractivity contribution in [2.75, 3.05) is 4.90 Å². The van der Waals surface area contributed by atoms with Crippen LogP contribution in [0.5, 0.6) is 0 Å². The Hall–Kier alpha value is -4.10. The zero-order chi connectivity index (χ0) is 21.6. The average molecular weight is 412 g/mol. The monoisotopic (exact) mass is 411 g/mol. The molecule has 0 amide bonds. The molecule has 0 heterocycles. The van der Waals surface area contributed by atoms with Gasteiger partial charge in [0, 0.05) is 29.0 Å². The van der Waals surface area contributed by atoms with Gasteiger partial charge < -0.3 is 4.90 Å². The van der Waals surface area contributed by atoms with Crippen LogP contribution in [0.25, 0.3) is 22.3 Å². The normalized spacial score (nSPS) is 10.6. The lowest BCUT2D eigenvalue weighted by atomic mass is 9.99. The molecule has 0 saturated heterocycles. The van der Waals surface area contributed by atoms with Crippen LogP contribution in [-0.4, -0.2) is 0 Å². The highest BCUT2D eigenvalue weighted by Gasteiger charge is 2.18. The molecule has 0 aromatic heterocycles. The Kier molecular flexibility index (Phi) is 5.80. The number of benzene rings is 5. The van der Waals surface area contributed by atoms with Crippen LogP contribution in [0.3, 0.4) is 0 Å². The molecule has 0 saturated carbocycles. The van der Waals surface area contributed by atoms with Crippen molar-refractivity contribution in [2.24, 2.45) is 0 Å². The standard InChI is InChI=1S/C31H25N/c1-4-14-25(15-5-1)24-32(30-22-12-10-20-28(30)26-16-6-2-7-17-26)31-23-13-11-21-29(31)27-18-8-3-9-19-27/h1-23H,24H2. The SMILES string of the molecule is c1ccc(CN(c2ccccc2-c2ccccc2)c2ccccc2-c2ccccc2)cc1. The smallest absolute Gasteiger partial charge is 0.0493 e. The van der Waals surface area contributed by atoms with E-state index in [1.54, 1.807) is 0 Å². The quantitative estimate of drug-likeness (QED) is 0.271. The molecular weight excluding hydrogens is 386 g/mol. The van der Waals surface area contributed by atoms with Gasteiger partial charge in [0.1, 0.15) is 0 Å². The van der Waals surface area contributed by atoms with Gasteiger partial charge in [0.2, 0.25) is 0 Å². The summed E-state index contributed by atoms with van der Waals surface area (Å²) in [6.07, 6.45) is 0. The Balaban J connectivity index is 1.70. The second-order valence-electron chi connectivity index (χ2n) is 7.84. The van der Waals surface area contributed by atoms with Crippen LogP contribution in [0.1, 0.15) is 5.56 Å². The van der Waals surface area contributed by atoms with Crippen LogP contribution in [0.4, 0.5) is 11.4 Å². The Morgan fingerprint density at radius 3 is 1.22 bits per heavy atom. The third kappa shape index (κ3) is 4.19. The van der Waals surface area contributed by atoms with Crippen LogP contribution in [-0.2, 0) is 6.54 Å². The summed E-state index contributed by atoms with van der Waals surface area (Å²) in [6, 6.07) is 49.4. The Bertz CT molecular complexity index is 1190. The summed E-state index contributed by atoms with van der Waals surface area (Å²) in [5, 5.41) is 0. The summed E-state index contributed by atoms with van der Waals surface area (Å²) >= 11 is 0. The van der Waals surface area contributed by atoms with Gasteiger partial charge in [-0.25, -0.2) is 0 Å². The lowest BCUT2D eigenvalue weighted by Crippen LogP contribution is -2.18. The van der Waals surface area contributed by atoms with Crippen molar-refractivity contribution in [2.45, 2.75) is 6.54 Å². The van der Waals surface area contributed by atoms with Crippen molar-refractivity contribution in [1.82, 2.24) is 0 Å². The molecule has 0 spiro atoms. The molecule has 0 bridgehead atoms. The van der Waals surface area contributed by atoms with Crippen LogP contribution in [0.15, 0.2) is 140 Å². The Labute approximate surface area is 190 Å². The van der Waals surface area contributed by atoms with Crippen LogP contribution >= 0.6 is 0 Å². The first-order valence-electron chi connectivity index (χ1n) is 11.0. The van der Waals surface area contributed by atoms with Crippen molar-refractivity contribution in [3.8, 4) is 22.3 Å². The van der Waals surface area contributed by atoms with E-state index in [-0.39, 0.29) is 0 Å². The van der Waals surface area contributed by atoms with E-state index >= 15 is 0 Å². The minimum atomic E-state index is 0.786. The topological polar surface area (TPSA) is 3.24 Å². The van der Waals surface area contributed by atoms with Crippen molar-refractivity contribution < 1.29 is 0 Å². The van der Waals surface area contributed by atoms with E-state index in [9.17, 15) is 0 Å². The molecule has 0 aliphatic carbocycles. The molecule has 0 radical (unpaired) electrons. The minimum absolute atomic E-state index is 0.786. The molecule has 5 rings (SSSR count). The van der Waals surface area contributed by atoms with Crippen molar-refractivity contribution in [3.63, 3.8) is 0 Å². The molecule has 1 nitrogen and oxygen atoms in total. The van der Waals surface area contributed by atoms with Gasteiger partial charge in [0.25, 0.3) is 0 Å². The molecule has 0 fully saturated rings. The van der Waals surface area contributed by atoms with Crippen LogP contribution in [0.2, 0.25) is 0 Å². The van der Waals surface area contributed by atoms with Gasteiger partial charge in [0.15, 0.2) is 0 Å². The van der Waals surface area contributed by atoms with Gasteiger partial charge in [-0.05, 0) is 28.8 Å². The maximum Gasteiger partial charge on any atom is 0.0493 e. The Morgan fingerprint density at radius 1 is 0.375 bits per heavy atom. The first-order valence-corrected chi connectivity index (χ1v) is 11.0. The predicted octanol–water partition coefficient (Wildman–Crippen LogP) is 8.36. The fraction of sp³-hybridized carbons (Fsp3) is 0.0323. The fourth-order valence-corrected chi connectivity index (χ4v) is 4.21. The first kappa shape index (κ1) is 19.8. The van der Waals surface area contributed by atoms with Crippen LogP contribution in [0, 0.1) is 0 Å². The van der Waals surface area contributed by atoms with E-state index in [2.05, 4.69) is 144 Å². The van der Waals surface area contributed by atoms with E-state index in [0.29, 0.717) is 0 Å². The van der Waals surface area contributed by atoms with Gasteiger partial charge in [-0.1, -0.05) is 127 Å². The molecule has 0 aliphatic heterocycles. The fourth-order valence-electron chi connectivity index (χ4n) is 4.21. The third-order valence-corrected chi connectivity index (χ3v) is 5.74. The van der Waals surface area contributed by atoms with E-state index in [1.165, 1.54) is 39.2 Å². The number of hydrogen-bond acceptors (Lipinski definition) is 1. The molecule has 1 heteroatoms. The first-order chi connectivity index (χ1) is 15.9. The van der Waals surface area contributed by atoms with E-state index in [0.717, 1.165) is 6.54 Å². The summed E-state index contributed by atoms with van der Waals surface area (Å²) in [5.41, 5.74) is 8.57. The van der Waals surface area contributed by atoms with E-state index in [1.807, 2.05) is 0 Å². The summed E-state index contributed by atoms with van der Waals surface area (Å²) in [4.78, 5) is 2.44. The van der Waals surface area contributed by atoms with Crippen molar-refractivity contribution in [3.05, 3.63) is 145 Å². The Morgan fingerprint density at radius 2 is 0.750 bits per heavy atom. The minimum Gasteiger partial charge on any atom is -0.336 e. The van der Waals surface area contributed by atoms with E-state index in [4.69, 9.17) is 0 Å². The third-order valence-electron chi connectivity index (χ3n) is 5.74. The molecule has 0 N–H and O–H groups in total. The van der Waals surface area contributed by atoms with Gasteiger partial charge in [-0.3, -0.25) is 0 Å². The number of anilines is 2. The lowest BCUT2D eigenvalue weighted by molar-refractivity contribution is 0.977. The summed E-state index contributed by atoms with van der Waals surface area (Å²) in [5.74, 6) is 0. The lowest BCUT2D eigenvalue weighted by Gasteiger charge is -2.30. The zero-order valence-electron chi connectivity index (χ0n) is 17.9. The number of para-hydroxylation sites is 2. The highest BCUT2D eigenvalue weighted by atomic mass is 15.1. The molecule has 5 aromatic rings. The summed E-state index contributed by atoms with van der Waals surface area (Å²) in [6.45, 7) is 0.786. The largest absolute Gasteiger partial charge is 0.336 e. The number of hydrogen-bond donors (Lipinski definition) is 0. The molecule has 0 unspecified atom stereocenters. The zero-order valence-corrected chi connectivity index (χ0v) is 17.9. The molecule has 32 heavy (non-hydrogen) atoms. The highest BCUT2D eigenvalue weighted by molar-refractivity contribution is 5.88. The summed E-state index contributed by atoms with van der Waals surface area (Å²) in [7, 11) is 0. The highest BCUT2D eigenvalue weighted by Crippen LogP contribution is 2.40. The second-order valence-corrected chi connectivity index (χ2v) is 7.84. The molecule has 0 aliphatic rings. The summed E-state index contributed by atoms with van der Waals surface area (Å²) < 4.78 is 0. The van der Waals surface area contributed by atoms with Crippen LogP contribution < -0.4 is 4.90 Å².